The Balaban J connectivity index is 1.83. The van der Waals surface area contributed by atoms with Crippen molar-refractivity contribution in [2.45, 2.75) is 25.9 Å². The summed E-state index contributed by atoms with van der Waals surface area (Å²) in [6.07, 6.45) is 0.783. The van der Waals surface area contributed by atoms with Gasteiger partial charge in [-0.1, -0.05) is 6.92 Å². The Labute approximate surface area is 131 Å². The van der Waals surface area contributed by atoms with Crippen molar-refractivity contribution in [2.75, 3.05) is 6.79 Å². The van der Waals surface area contributed by atoms with Gasteiger partial charge < -0.3 is 14.6 Å². The van der Waals surface area contributed by atoms with E-state index in [2.05, 4.69) is 28.0 Å². The van der Waals surface area contributed by atoms with Crippen LogP contribution in [-0.4, -0.2) is 21.7 Å². The van der Waals surface area contributed by atoms with Gasteiger partial charge in [-0.3, -0.25) is 4.68 Å². The van der Waals surface area contributed by atoms with Crippen LogP contribution >= 0.6 is 15.9 Å². The molecule has 1 N–H and O–H groups in total. The maximum Gasteiger partial charge on any atom is 0.231 e. The number of ether oxygens (including phenoxy) is 2. The van der Waals surface area contributed by atoms with Gasteiger partial charge in [0.05, 0.1) is 16.3 Å². The van der Waals surface area contributed by atoms with Crippen LogP contribution in [0, 0.1) is 0 Å². The number of hydrogen-bond donors (Lipinski definition) is 1. The van der Waals surface area contributed by atoms with Gasteiger partial charge in [0.1, 0.15) is 0 Å². The summed E-state index contributed by atoms with van der Waals surface area (Å²) in [6.45, 7) is 2.28. The molecule has 0 saturated carbocycles. The molecule has 0 amide bonds. The quantitative estimate of drug-likeness (QED) is 0.918. The summed E-state index contributed by atoms with van der Waals surface area (Å²) >= 11 is 3.45. The fourth-order valence-electron chi connectivity index (χ4n) is 2.43. The standard InChI is InChI=1S/C15H17BrN2O3/c1-3-10-6-11(18(2)17-10)7-13(19)9-4-12(16)15-14(5-9)20-8-21-15/h4-6,13,19H,3,7-8H2,1-2H3. The monoisotopic (exact) mass is 352 g/mol. The van der Waals surface area contributed by atoms with Crippen molar-refractivity contribution in [3.8, 4) is 11.5 Å². The number of rotatable bonds is 4. The lowest BCUT2D eigenvalue weighted by Crippen LogP contribution is -2.06. The number of aliphatic hydroxyl groups excluding tert-OH is 1. The molecule has 0 saturated heterocycles. The minimum absolute atomic E-state index is 0.217. The minimum atomic E-state index is -0.615. The molecular formula is C15H17BrN2O3. The topological polar surface area (TPSA) is 56.5 Å². The first-order chi connectivity index (χ1) is 10.1. The fraction of sp³-hybridized carbons (Fsp3) is 0.400. The van der Waals surface area contributed by atoms with Crippen LogP contribution in [0.3, 0.4) is 0 Å². The van der Waals surface area contributed by atoms with Gasteiger partial charge >= 0.3 is 0 Å². The summed E-state index contributed by atoms with van der Waals surface area (Å²) in [7, 11) is 1.90. The molecule has 0 spiro atoms. The number of aryl methyl sites for hydroxylation is 2. The van der Waals surface area contributed by atoms with Crippen molar-refractivity contribution in [1.29, 1.82) is 0 Å². The molecule has 0 radical (unpaired) electrons. The lowest BCUT2D eigenvalue weighted by molar-refractivity contribution is 0.170. The van der Waals surface area contributed by atoms with Gasteiger partial charge in [-0.05, 0) is 46.1 Å². The van der Waals surface area contributed by atoms with E-state index in [-0.39, 0.29) is 6.79 Å². The van der Waals surface area contributed by atoms with Crippen LogP contribution in [-0.2, 0) is 19.9 Å². The smallest absolute Gasteiger partial charge is 0.231 e. The van der Waals surface area contributed by atoms with Crippen LogP contribution in [0.1, 0.15) is 30.0 Å². The minimum Gasteiger partial charge on any atom is -0.454 e. The van der Waals surface area contributed by atoms with E-state index in [4.69, 9.17) is 9.47 Å². The summed E-state index contributed by atoms with van der Waals surface area (Å²) < 4.78 is 13.4. The second-order valence-electron chi connectivity index (χ2n) is 5.06. The highest BCUT2D eigenvalue weighted by Crippen LogP contribution is 2.41. The Bertz CT molecular complexity index is 669. The molecule has 2 heterocycles. The van der Waals surface area contributed by atoms with Crippen molar-refractivity contribution in [1.82, 2.24) is 9.78 Å². The summed E-state index contributed by atoms with van der Waals surface area (Å²) in [5.41, 5.74) is 2.84. The summed E-state index contributed by atoms with van der Waals surface area (Å²) in [4.78, 5) is 0. The number of nitrogens with zero attached hydrogens (tertiary/aromatic N) is 2. The average Bonchev–Trinajstić information content (AvgIpc) is 3.06. The van der Waals surface area contributed by atoms with E-state index in [1.807, 2.05) is 29.9 Å². The zero-order chi connectivity index (χ0) is 15.0. The van der Waals surface area contributed by atoms with Crippen molar-refractivity contribution in [2.24, 2.45) is 7.05 Å². The maximum atomic E-state index is 10.5. The lowest BCUT2D eigenvalue weighted by Gasteiger charge is -2.12. The Kier molecular flexibility index (Phi) is 3.91. The van der Waals surface area contributed by atoms with Crippen LogP contribution < -0.4 is 9.47 Å². The van der Waals surface area contributed by atoms with E-state index in [0.29, 0.717) is 17.9 Å². The molecule has 0 fully saturated rings. The molecule has 1 aliphatic heterocycles. The van der Waals surface area contributed by atoms with Gasteiger partial charge in [0.25, 0.3) is 0 Å². The van der Waals surface area contributed by atoms with E-state index in [9.17, 15) is 5.11 Å². The number of hydrogen-bond acceptors (Lipinski definition) is 4. The van der Waals surface area contributed by atoms with Gasteiger partial charge in [0.15, 0.2) is 11.5 Å². The van der Waals surface area contributed by atoms with E-state index >= 15 is 0 Å². The molecule has 0 aliphatic carbocycles. The fourth-order valence-corrected chi connectivity index (χ4v) is 3.01. The molecule has 1 atom stereocenters. The van der Waals surface area contributed by atoms with Gasteiger partial charge in [-0.15, -0.1) is 0 Å². The normalized spacial score (nSPS) is 14.5. The second kappa shape index (κ2) is 5.69. The molecule has 1 aliphatic rings. The van der Waals surface area contributed by atoms with Crippen LogP contribution in [0.2, 0.25) is 0 Å². The molecule has 6 heteroatoms. The number of aromatic nitrogens is 2. The maximum absolute atomic E-state index is 10.5. The third-order valence-electron chi connectivity index (χ3n) is 3.63. The van der Waals surface area contributed by atoms with Gasteiger partial charge in [-0.25, -0.2) is 0 Å². The SMILES string of the molecule is CCc1cc(CC(O)c2cc(Br)c3c(c2)OCO3)n(C)n1. The van der Waals surface area contributed by atoms with E-state index < -0.39 is 6.10 Å². The highest BCUT2D eigenvalue weighted by atomic mass is 79.9. The van der Waals surface area contributed by atoms with Gasteiger partial charge in [0, 0.05) is 19.2 Å². The molecule has 1 aromatic carbocycles. The molecule has 0 bridgehead atoms. The Morgan fingerprint density at radius 2 is 2.19 bits per heavy atom. The first-order valence-corrected chi connectivity index (χ1v) is 7.66. The molecule has 1 unspecified atom stereocenters. The molecular weight excluding hydrogens is 336 g/mol. The predicted octanol–water partition coefficient (Wildman–Crippen LogP) is 2.75. The van der Waals surface area contributed by atoms with Crippen LogP contribution in [0.4, 0.5) is 0 Å². The highest BCUT2D eigenvalue weighted by Gasteiger charge is 2.21. The molecule has 21 heavy (non-hydrogen) atoms. The third-order valence-corrected chi connectivity index (χ3v) is 4.22. The first kappa shape index (κ1) is 14.4. The van der Waals surface area contributed by atoms with Crippen molar-refractivity contribution in [3.05, 3.63) is 39.6 Å². The summed E-state index contributed by atoms with van der Waals surface area (Å²) in [5, 5.41) is 14.9. The Hall–Kier alpha value is -1.53. The van der Waals surface area contributed by atoms with Gasteiger partial charge in [-0.2, -0.15) is 5.10 Å². The molecule has 2 aromatic rings. The Morgan fingerprint density at radius 3 is 2.90 bits per heavy atom. The van der Waals surface area contributed by atoms with Crippen molar-refractivity contribution >= 4 is 15.9 Å². The number of halogens is 1. The van der Waals surface area contributed by atoms with Crippen LogP contribution in [0.5, 0.6) is 11.5 Å². The number of fused-ring (bicyclic) bond motifs is 1. The third kappa shape index (κ3) is 2.78. The average molecular weight is 353 g/mol. The van der Waals surface area contributed by atoms with Crippen LogP contribution in [0.15, 0.2) is 22.7 Å². The molecule has 3 rings (SSSR count). The highest BCUT2D eigenvalue weighted by molar-refractivity contribution is 9.10. The summed E-state index contributed by atoms with van der Waals surface area (Å²) in [5.74, 6) is 1.36. The van der Waals surface area contributed by atoms with Crippen molar-refractivity contribution in [3.63, 3.8) is 0 Å². The summed E-state index contributed by atoms with van der Waals surface area (Å²) in [6, 6.07) is 5.73. The zero-order valence-corrected chi connectivity index (χ0v) is 13.6. The lowest BCUT2D eigenvalue weighted by atomic mass is 10.0. The van der Waals surface area contributed by atoms with E-state index in [1.165, 1.54) is 0 Å². The largest absolute Gasteiger partial charge is 0.454 e. The Morgan fingerprint density at radius 1 is 1.38 bits per heavy atom. The first-order valence-electron chi connectivity index (χ1n) is 6.87. The number of aliphatic hydroxyl groups is 1. The second-order valence-corrected chi connectivity index (χ2v) is 5.91. The number of benzene rings is 1. The molecule has 112 valence electrons. The van der Waals surface area contributed by atoms with E-state index in [0.717, 1.165) is 27.8 Å². The van der Waals surface area contributed by atoms with Gasteiger partial charge in [0.2, 0.25) is 6.79 Å². The van der Waals surface area contributed by atoms with Crippen molar-refractivity contribution < 1.29 is 14.6 Å². The van der Waals surface area contributed by atoms with Crippen LogP contribution in [0.25, 0.3) is 0 Å². The molecule has 1 aromatic heterocycles. The molecule has 5 nitrogen and oxygen atoms in total. The van der Waals surface area contributed by atoms with E-state index in [1.54, 1.807) is 0 Å². The zero-order valence-electron chi connectivity index (χ0n) is 12.0. The predicted molar refractivity (Wildman–Crippen MR) is 81.5 cm³/mol.